The fourth-order valence-corrected chi connectivity index (χ4v) is 2.65. The van der Waals surface area contributed by atoms with Crippen LogP contribution in [0.5, 0.6) is 0 Å². The molecule has 0 aliphatic carbocycles. The van der Waals surface area contributed by atoms with Crippen LogP contribution in [0.2, 0.25) is 0 Å². The number of carbonyl (C=O) groups excluding carboxylic acids is 1. The molecule has 1 atom stereocenters. The Labute approximate surface area is 145 Å². The minimum absolute atomic E-state index is 0.0912. The highest BCUT2D eigenvalue weighted by Crippen LogP contribution is 2.11. The molecule has 0 spiro atoms. The van der Waals surface area contributed by atoms with Crippen LogP contribution in [0.1, 0.15) is 26.7 Å². The lowest BCUT2D eigenvalue weighted by Gasteiger charge is -2.15. The van der Waals surface area contributed by atoms with E-state index in [-0.39, 0.29) is 36.9 Å². The predicted molar refractivity (Wildman–Crippen MR) is 94.2 cm³/mol. The summed E-state index contributed by atoms with van der Waals surface area (Å²) >= 11 is 0. The molecule has 0 saturated heterocycles. The normalized spacial score (nSPS) is 12.3. The number of fused-ring (bicyclic) bond motifs is 1. The van der Waals surface area contributed by atoms with E-state index >= 15 is 0 Å². The maximum absolute atomic E-state index is 12.3. The smallest absolute Gasteiger partial charge is 0.308 e. The zero-order valence-electron chi connectivity index (χ0n) is 14.4. The van der Waals surface area contributed by atoms with Crippen LogP contribution < -0.4 is 10.9 Å². The van der Waals surface area contributed by atoms with Crippen LogP contribution in [0.25, 0.3) is 10.9 Å². The highest BCUT2D eigenvalue weighted by Gasteiger charge is 2.19. The minimum Gasteiger partial charge on any atom is -0.481 e. The van der Waals surface area contributed by atoms with Crippen LogP contribution in [0.4, 0.5) is 0 Å². The van der Waals surface area contributed by atoms with Crippen LogP contribution in [-0.4, -0.2) is 33.1 Å². The molecular formula is C18H23N3O4. The van der Waals surface area contributed by atoms with Crippen LogP contribution in [0.3, 0.4) is 0 Å². The number of nitrogens with one attached hydrogen (secondary N) is 1. The number of carbonyl (C=O) groups is 2. The van der Waals surface area contributed by atoms with E-state index in [1.807, 2.05) is 19.9 Å². The average molecular weight is 345 g/mol. The second kappa shape index (κ2) is 8.41. The van der Waals surface area contributed by atoms with Gasteiger partial charge in [0, 0.05) is 19.5 Å². The average Bonchev–Trinajstić information content (AvgIpc) is 2.57. The van der Waals surface area contributed by atoms with E-state index in [2.05, 4.69) is 10.3 Å². The number of benzene rings is 1. The molecule has 1 heterocycles. The number of carboxylic acid groups (broad SMARTS) is 1. The van der Waals surface area contributed by atoms with Gasteiger partial charge in [0.1, 0.15) is 0 Å². The van der Waals surface area contributed by atoms with E-state index in [4.69, 9.17) is 0 Å². The molecule has 0 fully saturated rings. The van der Waals surface area contributed by atoms with Gasteiger partial charge >= 0.3 is 5.97 Å². The fraction of sp³-hybridized carbons (Fsp3) is 0.444. The molecule has 0 radical (unpaired) electrons. The number of nitrogens with zero attached hydrogens (tertiary/aromatic N) is 2. The number of hydrogen-bond donors (Lipinski definition) is 2. The third kappa shape index (κ3) is 5.14. The molecule has 1 aromatic carbocycles. The summed E-state index contributed by atoms with van der Waals surface area (Å²) in [4.78, 5) is 39.7. The highest BCUT2D eigenvalue weighted by atomic mass is 16.4. The Morgan fingerprint density at radius 1 is 1.28 bits per heavy atom. The van der Waals surface area contributed by atoms with Crippen molar-refractivity contribution in [3.05, 3.63) is 40.9 Å². The Morgan fingerprint density at radius 2 is 2.00 bits per heavy atom. The monoisotopic (exact) mass is 345 g/mol. The molecule has 1 amide bonds. The molecule has 2 rings (SSSR count). The van der Waals surface area contributed by atoms with Gasteiger partial charge in [0.2, 0.25) is 5.91 Å². The lowest BCUT2D eigenvalue weighted by atomic mass is 9.97. The third-order valence-electron chi connectivity index (χ3n) is 3.96. The van der Waals surface area contributed by atoms with E-state index in [1.54, 1.807) is 18.2 Å². The van der Waals surface area contributed by atoms with Gasteiger partial charge in [-0.1, -0.05) is 26.0 Å². The van der Waals surface area contributed by atoms with Gasteiger partial charge in [0.05, 0.1) is 23.1 Å². The number of para-hydroxylation sites is 1. The lowest BCUT2D eigenvalue weighted by molar-refractivity contribution is -0.142. The first-order chi connectivity index (χ1) is 11.9. The first kappa shape index (κ1) is 18.6. The molecule has 7 heteroatoms. The van der Waals surface area contributed by atoms with Gasteiger partial charge in [-0.05, 0) is 24.5 Å². The summed E-state index contributed by atoms with van der Waals surface area (Å²) in [5.41, 5.74) is 0.424. The van der Waals surface area contributed by atoms with Crippen molar-refractivity contribution >= 4 is 22.8 Å². The highest BCUT2D eigenvalue weighted by molar-refractivity contribution is 5.78. The van der Waals surface area contributed by atoms with Gasteiger partial charge in [-0.25, -0.2) is 4.98 Å². The third-order valence-corrected chi connectivity index (χ3v) is 3.96. The largest absolute Gasteiger partial charge is 0.481 e. The molecular weight excluding hydrogens is 322 g/mol. The van der Waals surface area contributed by atoms with Crippen molar-refractivity contribution in [2.24, 2.45) is 11.8 Å². The lowest BCUT2D eigenvalue weighted by Crippen LogP contribution is -2.34. The van der Waals surface area contributed by atoms with E-state index in [0.717, 1.165) is 0 Å². The van der Waals surface area contributed by atoms with Crippen LogP contribution in [0.15, 0.2) is 35.4 Å². The Bertz CT molecular complexity index is 813. The van der Waals surface area contributed by atoms with Crippen LogP contribution in [0, 0.1) is 11.8 Å². The fourth-order valence-electron chi connectivity index (χ4n) is 2.65. The number of aromatic nitrogens is 2. The van der Waals surface area contributed by atoms with Crippen molar-refractivity contribution in [2.45, 2.75) is 33.2 Å². The maximum atomic E-state index is 12.3. The SMILES string of the molecule is CC(C)CC(CNC(=O)CCn1cnc2ccccc2c1=O)C(=O)O. The van der Waals surface area contributed by atoms with Crippen molar-refractivity contribution in [1.82, 2.24) is 14.9 Å². The summed E-state index contributed by atoms with van der Waals surface area (Å²) in [5, 5.41) is 12.3. The van der Waals surface area contributed by atoms with E-state index in [9.17, 15) is 19.5 Å². The number of hydrogen-bond acceptors (Lipinski definition) is 4. The topological polar surface area (TPSA) is 101 Å². The molecule has 1 unspecified atom stereocenters. The molecule has 25 heavy (non-hydrogen) atoms. The molecule has 0 aliphatic rings. The number of rotatable bonds is 8. The van der Waals surface area contributed by atoms with Gasteiger partial charge in [-0.15, -0.1) is 0 Å². The van der Waals surface area contributed by atoms with E-state index in [1.165, 1.54) is 10.9 Å². The second-order valence-corrected chi connectivity index (χ2v) is 6.48. The van der Waals surface area contributed by atoms with Gasteiger partial charge in [-0.3, -0.25) is 19.0 Å². The molecule has 2 aromatic rings. The molecule has 0 aliphatic heterocycles. The second-order valence-electron chi connectivity index (χ2n) is 6.48. The van der Waals surface area contributed by atoms with Crippen molar-refractivity contribution in [1.29, 1.82) is 0 Å². The summed E-state index contributed by atoms with van der Waals surface area (Å²) in [5.74, 6) is -1.56. The summed E-state index contributed by atoms with van der Waals surface area (Å²) in [6.45, 7) is 4.18. The number of amides is 1. The number of carboxylic acids is 1. The zero-order chi connectivity index (χ0) is 18.4. The van der Waals surface area contributed by atoms with Crippen molar-refractivity contribution in [2.75, 3.05) is 6.54 Å². The van der Waals surface area contributed by atoms with Crippen LogP contribution in [-0.2, 0) is 16.1 Å². The first-order valence-electron chi connectivity index (χ1n) is 8.32. The van der Waals surface area contributed by atoms with Gasteiger partial charge < -0.3 is 10.4 Å². The van der Waals surface area contributed by atoms with Gasteiger partial charge in [0.15, 0.2) is 0 Å². The molecule has 1 aromatic heterocycles. The minimum atomic E-state index is -0.913. The molecule has 7 nitrogen and oxygen atoms in total. The van der Waals surface area contributed by atoms with Gasteiger partial charge in [0.25, 0.3) is 5.56 Å². The van der Waals surface area contributed by atoms with Crippen molar-refractivity contribution in [3.8, 4) is 0 Å². The Hall–Kier alpha value is -2.70. The van der Waals surface area contributed by atoms with Crippen molar-refractivity contribution < 1.29 is 14.7 Å². The Morgan fingerprint density at radius 3 is 2.68 bits per heavy atom. The quantitative estimate of drug-likeness (QED) is 0.757. The Balaban J connectivity index is 1.93. The predicted octanol–water partition coefficient (Wildman–Crippen LogP) is 1.65. The molecule has 0 bridgehead atoms. The summed E-state index contributed by atoms with van der Waals surface area (Å²) < 4.78 is 1.39. The number of aryl methyl sites for hydroxylation is 1. The van der Waals surface area contributed by atoms with E-state index in [0.29, 0.717) is 17.3 Å². The standard InChI is InChI=1S/C18H23N3O4/c1-12(2)9-13(18(24)25)10-19-16(22)7-8-21-11-20-15-6-4-3-5-14(15)17(21)23/h3-6,11-13H,7-10H2,1-2H3,(H,19,22)(H,24,25). The zero-order valence-corrected chi connectivity index (χ0v) is 14.4. The summed E-state index contributed by atoms with van der Waals surface area (Å²) in [7, 11) is 0. The Kier molecular flexibility index (Phi) is 6.27. The molecule has 134 valence electrons. The summed E-state index contributed by atoms with van der Waals surface area (Å²) in [6, 6.07) is 7.03. The maximum Gasteiger partial charge on any atom is 0.308 e. The summed E-state index contributed by atoms with van der Waals surface area (Å²) in [6.07, 6.45) is 2.02. The molecule has 0 saturated carbocycles. The number of aliphatic carboxylic acids is 1. The van der Waals surface area contributed by atoms with Crippen LogP contribution >= 0.6 is 0 Å². The first-order valence-corrected chi connectivity index (χ1v) is 8.32. The van der Waals surface area contributed by atoms with Crippen molar-refractivity contribution in [3.63, 3.8) is 0 Å². The molecule has 2 N–H and O–H groups in total. The van der Waals surface area contributed by atoms with E-state index < -0.39 is 11.9 Å². The van der Waals surface area contributed by atoms with Gasteiger partial charge in [-0.2, -0.15) is 0 Å².